The highest BCUT2D eigenvalue weighted by Gasteiger charge is 2.39. The lowest BCUT2D eigenvalue weighted by molar-refractivity contribution is -0.157. The lowest BCUT2D eigenvalue weighted by Gasteiger charge is -2.06. The third-order valence-corrected chi connectivity index (χ3v) is 2.45. The van der Waals surface area contributed by atoms with Crippen LogP contribution in [0.5, 0.6) is 0 Å². The summed E-state index contributed by atoms with van der Waals surface area (Å²) < 4.78 is 41.6. The fourth-order valence-electron chi connectivity index (χ4n) is 1.76. The number of nitrogens with zero attached hydrogens (tertiary/aromatic N) is 1. The van der Waals surface area contributed by atoms with Gasteiger partial charge in [-0.1, -0.05) is 0 Å². The Kier molecular flexibility index (Phi) is 2.46. The molecule has 1 aliphatic rings. The maximum Gasteiger partial charge on any atom is 0.468 e. The van der Waals surface area contributed by atoms with Crippen LogP contribution in [-0.2, 0) is 6.18 Å². The number of alkyl halides is 3. The van der Waals surface area contributed by atoms with Crippen molar-refractivity contribution in [1.29, 1.82) is 0 Å². The van der Waals surface area contributed by atoms with Crippen molar-refractivity contribution in [3.63, 3.8) is 0 Å². The number of halogens is 3. The maximum atomic E-state index is 12.3. The number of aromatic nitrogens is 1. The maximum absolute atomic E-state index is 12.3. The summed E-state index contributed by atoms with van der Waals surface area (Å²) in [6, 6.07) is -0.117. The molecule has 2 heterocycles. The smallest absolute Gasteiger partial charge is 0.436 e. The van der Waals surface area contributed by atoms with Gasteiger partial charge in [0, 0.05) is 0 Å². The van der Waals surface area contributed by atoms with Crippen LogP contribution >= 0.6 is 0 Å². The van der Waals surface area contributed by atoms with Gasteiger partial charge in [-0.05, 0) is 26.3 Å². The molecule has 1 aromatic rings. The number of oxazole rings is 1. The molecule has 0 radical (unpaired) electrons. The molecule has 1 unspecified atom stereocenters. The number of hydrogen-bond donors (Lipinski definition) is 1. The minimum absolute atomic E-state index is 0.117. The average molecular weight is 220 g/mol. The van der Waals surface area contributed by atoms with Gasteiger partial charge in [-0.2, -0.15) is 13.2 Å². The molecule has 1 aliphatic heterocycles. The zero-order valence-corrected chi connectivity index (χ0v) is 8.19. The zero-order valence-electron chi connectivity index (χ0n) is 8.19. The van der Waals surface area contributed by atoms with E-state index in [4.69, 9.17) is 4.42 Å². The third kappa shape index (κ3) is 1.99. The highest BCUT2D eigenvalue weighted by atomic mass is 19.4. The molecule has 0 amide bonds. The van der Waals surface area contributed by atoms with Crippen LogP contribution in [-0.4, -0.2) is 11.5 Å². The molecule has 15 heavy (non-hydrogen) atoms. The summed E-state index contributed by atoms with van der Waals surface area (Å²) in [6.45, 7) is 2.35. The number of nitrogens with one attached hydrogen (secondary N) is 1. The van der Waals surface area contributed by atoms with Gasteiger partial charge < -0.3 is 9.73 Å². The summed E-state index contributed by atoms with van der Waals surface area (Å²) >= 11 is 0. The number of aryl methyl sites for hydroxylation is 1. The highest BCUT2D eigenvalue weighted by Crippen LogP contribution is 2.33. The molecule has 0 aromatic carbocycles. The first kappa shape index (κ1) is 10.5. The Bertz CT molecular complexity index is 353. The van der Waals surface area contributed by atoms with Crippen LogP contribution < -0.4 is 5.32 Å². The lowest BCUT2D eigenvalue weighted by Crippen LogP contribution is -2.13. The van der Waals surface area contributed by atoms with Crippen molar-refractivity contribution in [1.82, 2.24) is 10.3 Å². The molecule has 1 fully saturated rings. The van der Waals surface area contributed by atoms with E-state index in [1.165, 1.54) is 6.92 Å². The van der Waals surface area contributed by atoms with Crippen LogP contribution in [0.2, 0.25) is 0 Å². The van der Waals surface area contributed by atoms with Crippen LogP contribution in [0.1, 0.15) is 36.2 Å². The monoisotopic (exact) mass is 220 g/mol. The Hall–Kier alpha value is -1.04. The average Bonchev–Trinajstić information content (AvgIpc) is 2.69. The van der Waals surface area contributed by atoms with E-state index >= 15 is 0 Å². The summed E-state index contributed by atoms with van der Waals surface area (Å²) in [5.74, 6) is -0.830. The van der Waals surface area contributed by atoms with Crippen LogP contribution in [0, 0.1) is 6.92 Å². The molecule has 1 atom stereocenters. The van der Waals surface area contributed by atoms with Crippen LogP contribution in [0.15, 0.2) is 4.42 Å². The topological polar surface area (TPSA) is 38.1 Å². The van der Waals surface area contributed by atoms with Gasteiger partial charge in [0.25, 0.3) is 0 Å². The Balaban J connectivity index is 2.29. The first-order valence-corrected chi connectivity index (χ1v) is 4.76. The summed E-state index contributed by atoms with van der Waals surface area (Å²) in [4.78, 5) is 3.39. The molecular weight excluding hydrogens is 209 g/mol. The van der Waals surface area contributed by atoms with E-state index in [1.807, 2.05) is 0 Å². The van der Waals surface area contributed by atoms with Crippen LogP contribution in [0.25, 0.3) is 0 Å². The summed E-state index contributed by atoms with van der Waals surface area (Å²) in [6.07, 6.45) is -2.75. The molecule has 2 rings (SSSR count). The summed E-state index contributed by atoms with van der Waals surface area (Å²) in [5, 5.41) is 3.08. The molecule has 84 valence electrons. The molecule has 1 N–H and O–H groups in total. The molecule has 6 heteroatoms. The fraction of sp³-hybridized carbons (Fsp3) is 0.667. The van der Waals surface area contributed by atoms with Crippen molar-refractivity contribution < 1.29 is 17.6 Å². The van der Waals surface area contributed by atoms with Crippen LogP contribution in [0.3, 0.4) is 0 Å². The highest BCUT2D eigenvalue weighted by molar-refractivity contribution is 5.14. The number of rotatable bonds is 1. The van der Waals surface area contributed by atoms with Gasteiger partial charge >= 0.3 is 12.1 Å². The summed E-state index contributed by atoms with van der Waals surface area (Å²) in [7, 11) is 0. The molecule has 1 saturated heterocycles. The van der Waals surface area contributed by atoms with Gasteiger partial charge in [-0.3, -0.25) is 0 Å². The zero-order chi connectivity index (χ0) is 11.1. The second kappa shape index (κ2) is 3.52. The van der Waals surface area contributed by atoms with Crippen molar-refractivity contribution in [3.8, 4) is 0 Å². The van der Waals surface area contributed by atoms with E-state index in [0.29, 0.717) is 11.5 Å². The Morgan fingerprint density at radius 3 is 2.67 bits per heavy atom. The fourth-order valence-corrected chi connectivity index (χ4v) is 1.76. The Morgan fingerprint density at radius 2 is 2.20 bits per heavy atom. The summed E-state index contributed by atoms with van der Waals surface area (Å²) in [5.41, 5.74) is 0.321. The van der Waals surface area contributed by atoms with Gasteiger partial charge in [0.1, 0.15) is 5.76 Å². The molecule has 3 nitrogen and oxygen atoms in total. The van der Waals surface area contributed by atoms with Gasteiger partial charge in [0.15, 0.2) is 0 Å². The van der Waals surface area contributed by atoms with E-state index in [-0.39, 0.29) is 6.04 Å². The first-order chi connectivity index (χ1) is 6.98. The minimum atomic E-state index is -4.50. The van der Waals surface area contributed by atoms with Gasteiger partial charge in [0.2, 0.25) is 0 Å². The Morgan fingerprint density at radius 1 is 1.47 bits per heavy atom. The van der Waals surface area contributed by atoms with Gasteiger partial charge in [-0.25, -0.2) is 4.98 Å². The second-order valence-electron chi connectivity index (χ2n) is 3.62. The van der Waals surface area contributed by atoms with E-state index < -0.39 is 12.1 Å². The second-order valence-corrected chi connectivity index (χ2v) is 3.62. The molecule has 0 saturated carbocycles. The predicted molar refractivity (Wildman–Crippen MR) is 46.2 cm³/mol. The molecule has 1 aromatic heterocycles. The van der Waals surface area contributed by atoms with E-state index in [0.717, 1.165) is 19.4 Å². The van der Waals surface area contributed by atoms with Gasteiger partial charge in [-0.15, -0.1) is 0 Å². The molecule has 0 bridgehead atoms. The SMILES string of the molecule is Cc1nc(C(F)(F)F)oc1C1CCCN1. The van der Waals surface area contributed by atoms with Crippen molar-refractivity contribution in [3.05, 3.63) is 17.3 Å². The normalized spacial score (nSPS) is 22.3. The molecule has 0 spiro atoms. The minimum Gasteiger partial charge on any atom is -0.436 e. The van der Waals surface area contributed by atoms with Crippen molar-refractivity contribution in [2.24, 2.45) is 0 Å². The van der Waals surface area contributed by atoms with E-state index in [2.05, 4.69) is 10.3 Å². The van der Waals surface area contributed by atoms with Crippen molar-refractivity contribution >= 4 is 0 Å². The lowest BCUT2D eigenvalue weighted by atomic mass is 10.1. The standard InChI is InChI=1S/C9H11F3N2O/c1-5-7(6-3-2-4-13-6)15-8(14-5)9(10,11)12/h6,13H,2-4H2,1H3. The number of hydrogen-bond acceptors (Lipinski definition) is 3. The van der Waals surface area contributed by atoms with Gasteiger partial charge in [0.05, 0.1) is 11.7 Å². The predicted octanol–water partition coefficient (Wildman–Crippen LogP) is 2.43. The van der Waals surface area contributed by atoms with Crippen molar-refractivity contribution in [2.75, 3.05) is 6.54 Å². The quantitative estimate of drug-likeness (QED) is 0.789. The molecule has 0 aliphatic carbocycles. The van der Waals surface area contributed by atoms with Crippen LogP contribution in [0.4, 0.5) is 13.2 Å². The third-order valence-electron chi connectivity index (χ3n) is 2.45. The van der Waals surface area contributed by atoms with E-state index in [9.17, 15) is 13.2 Å². The van der Waals surface area contributed by atoms with Crippen molar-refractivity contribution in [2.45, 2.75) is 32.0 Å². The largest absolute Gasteiger partial charge is 0.468 e. The first-order valence-electron chi connectivity index (χ1n) is 4.76. The Labute approximate surface area is 84.7 Å². The van der Waals surface area contributed by atoms with E-state index in [1.54, 1.807) is 0 Å². The molecular formula is C9H11F3N2O.